The molecule has 2 N–H and O–H groups in total. The molecule has 0 fully saturated rings. The summed E-state index contributed by atoms with van der Waals surface area (Å²) in [6.45, 7) is 3.65. The number of allylic oxidation sites excluding steroid dienone is 1. The number of hydrogen-bond acceptors (Lipinski definition) is 1. The van der Waals surface area contributed by atoms with Gasteiger partial charge in [0.25, 0.3) is 0 Å². The third kappa shape index (κ3) is 4.43. The molecule has 0 spiro atoms. The molecule has 0 aliphatic heterocycles. The molecular formula is C11H14Cl3N. The van der Waals surface area contributed by atoms with Crippen LogP contribution in [0.3, 0.4) is 0 Å². The van der Waals surface area contributed by atoms with Crippen molar-refractivity contribution in [1.82, 2.24) is 0 Å². The summed E-state index contributed by atoms with van der Waals surface area (Å²) >= 11 is 11.8. The fourth-order valence-corrected chi connectivity index (χ4v) is 1.80. The van der Waals surface area contributed by atoms with Gasteiger partial charge in [-0.3, -0.25) is 0 Å². The molecule has 1 aromatic rings. The van der Waals surface area contributed by atoms with E-state index in [4.69, 9.17) is 28.9 Å². The first-order valence-electron chi connectivity index (χ1n) is 4.46. The maximum atomic E-state index is 6.01. The smallest absolute Gasteiger partial charge is 0.0468 e. The van der Waals surface area contributed by atoms with E-state index in [1.807, 2.05) is 12.1 Å². The fourth-order valence-electron chi connectivity index (χ4n) is 1.26. The second kappa shape index (κ2) is 7.13. The van der Waals surface area contributed by atoms with Gasteiger partial charge < -0.3 is 5.73 Å². The zero-order valence-corrected chi connectivity index (χ0v) is 10.6. The summed E-state index contributed by atoms with van der Waals surface area (Å²) in [7, 11) is 0. The van der Waals surface area contributed by atoms with Crippen LogP contribution in [0.15, 0.2) is 30.9 Å². The summed E-state index contributed by atoms with van der Waals surface area (Å²) in [4.78, 5) is 0. The van der Waals surface area contributed by atoms with E-state index in [1.165, 1.54) is 0 Å². The molecule has 4 heteroatoms. The lowest BCUT2D eigenvalue weighted by Crippen LogP contribution is -2.10. The minimum absolute atomic E-state index is 0. The molecule has 1 aromatic carbocycles. The first kappa shape index (κ1) is 14.8. The van der Waals surface area contributed by atoms with E-state index in [2.05, 4.69) is 6.58 Å². The minimum Gasteiger partial charge on any atom is -0.324 e. The molecule has 0 saturated carbocycles. The van der Waals surface area contributed by atoms with Crippen molar-refractivity contribution in [3.63, 3.8) is 0 Å². The molecule has 0 aliphatic carbocycles. The lowest BCUT2D eigenvalue weighted by Gasteiger charge is -2.12. The molecule has 84 valence electrons. The lowest BCUT2D eigenvalue weighted by molar-refractivity contribution is 0.662. The van der Waals surface area contributed by atoms with Gasteiger partial charge in [-0.15, -0.1) is 19.0 Å². The molecule has 0 radical (unpaired) electrons. The Bertz CT molecular complexity index is 326. The monoisotopic (exact) mass is 265 g/mol. The Morgan fingerprint density at radius 1 is 1.40 bits per heavy atom. The third-order valence-corrected chi connectivity index (χ3v) is 2.61. The van der Waals surface area contributed by atoms with Crippen molar-refractivity contribution in [3.8, 4) is 0 Å². The van der Waals surface area contributed by atoms with Crippen molar-refractivity contribution in [3.05, 3.63) is 46.5 Å². The first-order valence-corrected chi connectivity index (χ1v) is 5.22. The highest BCUT2D eigenvalue weighted by atomic mass is 35.5. The van der Waals surface area contributed by atoms with E-state index >= 15 is 0 Å². The Labute approximate surface area is 107 Å². The van der Waals surface area contributed by atoms with Gasteiger partial charge >= 0.3 is 0 Å². The highest BCUT2D eigenvalue weighted by Gasteiger charge is 2.09. The SMILES string of the molecule is C=CCC[C@@H](N)c1ccc(Cl)cc1Cl.Cl. The van der Waals surface area contributed by atoms with Gasteiger partial charge in [-0.1, -0.05) is 35.3 Å². The average molecular weight is 267 g/mol. The molecule has 1 atom stereocenters. The maximum absolute atomic E-state index is 6.01. The van der Waals surface area contributed by atoms with Gasteiger partial charge in [0, 0.05) is 16.1 Å². The second-order valence-electron chi connectivity index (χ2n) is 3.14. The number of hydrogen-bond donors (Lipinski definition) is 1. The number of benzene rings is 1. The van der Waals surface area contributed by atoms with Gasteiger partial charge in [0.05, 0.1) is 0 Å². The van der Waals surface area contributed by atoms with Gasteiger partial charge in [-0.2, -0.15) is 0 Å². The van der Waals surface area contributed by atoms with Crippen LogP contribution in [-0.4, -0.2) is 0 Å². The standard InChI is InChI=1S/C11H13Cl2N.ClH/c1-2-3-4-11(14)9-6-5-8(12)7-10(9)13;/h2,5-7,11H,1,3-4,14H2;1H/t11-;/m1./s1. The molecule has 1 rings (SSSR count). The van der Waals surface area contributed by atoms with Crippen LogP contribution in [0.4, 0.5) is 0 Å². The van der Waals surface area contributed by atoms with Crippen molar-refractivity contribution in [2.45, 2.75) is 18.9 Å². The van der Waals surface area contributed by atoms with Gasteiger partial charge in [-0.25, -0.2) is 0 Å². The van der Waals surface area contributed by atoms with Crippen molar-refractivity contribution in [1.29, 1.82) is 0 Å². The predicted molar refractivity (Wildman–Crippen MR) is 70.1 cm³/mol. The molecule has 0 heterocycles. The molecule has 0 amide bonds. The molecule has 0 aliphatic rings. The van der Waals surface area contributed by atoms with Crippen LogP contribution in [0, 0.1) is 0 Å². The fraction of sp³-hybridized carbons (Fsp3) is 0.273. The number of halogens is 3. The van der Waals surface area contributed by atoms with E-state index in [0.29, 0.717) is 10.0 Å². The quantitative estimate of drug-likeness (QED) is 0.804. The largest absolute Gasteiger partial charge is 0.324 e. The summed E-state index contributed by atoms with van der Waals surface area (Å²) in [5.74, 6) is 0. The van der Waals surface area contributed by atoms with E-state index in [9.17, 15) is 0 Å². The first-order chi connectivity index (χ1) is 6.65. The van der Waals surface area contributed by atoms with Gasteiger partial charge in [-0.05, 0) is 30.5 Å². The van der Waals surface area contributed by atoms with Crippen molar-refractivity contribution < 1.29 is 0 Å². The Hall–Kier alpha value is -0.210. The molecule has 1 nitrogen and oxygen atoms in total. The van der Waals surface area contributed by atoms with Crippen molar-refractivity contribution in [2.24, 2.45) is 5.73 Å². The summed E-state index contributed by atoms with van der Waals surface area (Å²) in [5, 5.41) is 1.27. The minimum atomic E-state index is -0.0437. The zero-order chi connectivity index (χ0) is 10.6. The summed E-state index contributed by atoms with van der Waals surface area (Å²) in [6.07, 6.45) is 3.59. The van der Waals surface area contributed by atoms with E-state index < -0.39 is 0 Å². The van der Waals surface area contributed by atoms with Crippen LogP contribution in [0.25, 0.3) is 0 Å². The van der Waals surface area contributed by atoms with Gasteiger partial charge in [0.2, 0.25) is 0 Å². The summed E-state index contributed by atoms with van der Waals surface area (Å²) in [6, 6.07) is 5.35. The van der Waals surface area contributed by atoms with Crippen molar-refractivity contribution >= 4 is 35.6 Å². The van der Waals surface area contributed by atoms with Gasteiger partial charge in [0.1, 0.15) is 0 Å². The Morgan fingerprint density at radius 3 is 2.60 bits per heavy atom. The van der Waals surface area contributed by atoms with Crippen LogP contribution in [0.1, 0.15) is 24.4 Å². The average Bonchev–Trinajstić information content (AvgIpc) is 2.14. The molecule has 0 saturated heterocycles. The summed E-state index contributed by atoms with van der Waals surface area (Å²) in [5.41, 5.74) is 6.90. The molecule has 0 unspecified atom stereocenters. The molecule has 15 heavy (non-hydrogen) atoms. The van der Waals surface area contributed by atoms with E-state index in [1.54, 1.807) is 12.1 Å². The Balaban J connectivity index is 0.00000196. The topological polar surface area (TPSA) is 26.0 Å². The third-order valence-electron chi connectivity index (χ3n) is 2.04. The highest BCUT2D eigenvalue weighted by molar-refractivity contribution is 6.35. The normalized spacial score (nSPS) is 11.7. The molecular weight excluding hydrogens is 252 g/mol. The second-order valence-corrected chi connectivity index (χ2v) is 3.98. The van der Waals surface area contributed by atoms with Crippen LogP contribution in [0.2, 0.25) is 10.0 Å². The highest BCUT2D eigenvalue weighted by Crippen LogP contribution is 2.27. The molecule has 0 aromatic heterocycles. The van der Waals surface area contributed by atoms with Crippen LogP contribution in [-0.2, 0) is 0 Å². The predicted octanol–water partition coefficient (Wildman–Crippen LogP) is 4.38. The van der Waals surface area contributed by atoms with Gasteiger partial charge in [0.15, 0.2) is 0 Å². The summed E-state index contributed by atoms with van der Waals surface area (Å²) < 4.78 is 0. The maximum Gasteiger partial charge on any atom is 0.0468 e. The van der Waals surface area contributed by atoms with E-state index in [-0.39, 0.29) is 18.4 Å². The van der Waals surface area contributed by atoms with Crippen LogP contribution in [0.5, 0.6) is 0 Å². The number of rotatable bonds is 4. The van der Waals surface area contributed by atoms with E-state index in [0.717, 1.165) is 18.4 Å². The Kier molecular flexibility index (Phi) is 7.03. The lowest BCUT2D eigenvalue weighted by atomic mass is 10.0. The van der Waals surface area contributed by atoms with Crippen LogP contribution < -0.4 is 5.73 Å². The van der Waals surface area contributed by atoms with Crippen molar-refractivity contribution in [2.75, 3.05) is 0 Å². The molecule has 0 bridgehead atoms. The zero-order valence-electron chi connectivity index (χ0n) is 8.25. The Morgan fingerprint density at radius 2 is 2.07 bits per heavy atom. The number of nitrogens with two attached hydrogens (primary N) is 1. The van der Waals surface area contributed by atoms with Crippen LogP contribution >= 0.6 is 35.6 Å².